The third-order valence-corrected chi connectivity index (χ3v) is 3.88. The van der Waals surface area contributed by atoms with Crippen LogP contribution in [0.2, 0.25) is 0 Å². The normalized spacial score (nSPS) is 23.2. The van der Waals surface area contributed by atoms with Gasteiger partial charge in [-0.1, -0.05) is 6.92 Å². The van der Waals surface area contributed by atoms with Gasteiger partial charge in [-0.3, -0.25) is 4.79 Å². The van der Waals surface area contributed by atoms with Gasteiger partial charge in [0.1, 0.15) is 0 Å². The van der Waals surface area contributed by atoms with Crippen molar-refractivity contribution in [2.45, 2.75) is 20.0 Å². The molecule has 0 radical (unpaired) electrons. The van der Waals surface area contributed by atoms with Crippen molar-refractivity contribution in [3.8, 4) is 0 Å². The Hall–Kier alpha value is -0.260. The molecule has 2 N–H and O–H groups in total. The number of amides is 1. The Morgan fingerprint density at radius 3 is 3.06 bits per heavy atom. The highest BCUT2D eigenvalue weighted by molar-refractivity contribution is 7.99. The van der Waals surface area contributed by atoms with Gasteiger partial charge in [-0.25, -0.2) is 0 Å². The van der Waals surface area contributed by atoms with E-state index in [4.69, 9.17) is 10.5 Å². The van der Waals surface area contributed by atoms with Gasteiger partial charge in [-0.15, -0.1) is 0 Å². The first-order chi connectivity index (χ1) is 7.63. The van der Waals surface area contributed by atoms with E-state index in [1.54, 1.807) is 11.8 Å². The van der Waals surface area contributed by atoms with E-state index in [0.29, 0.717) is 24.8 Å². The van der Waals surface area contributed by atoms with Gasteiger partial charge in [-0.2, -0.15) is 11.8 Å². The van der Waals surface area contributed by atoms with Crippen LogP contribution in [-0.2, 0) is 9.53 Å². The lowest BCUT2D eigenvalue weighted by Gasteiger charge is -2.31. The molecule has 0 saturated carbocycles. The average molecular weight is 246 g/mol. The highest BCUT2D eigenvalue weighted by atomic mass is 32.2. The maximum atomic E-state index is 11.8. The van der Waals surface area contributed by atoms with Gasteiger partial charge < -0.3 is 15.4 Å². The lowest BCUT2D eigenvalue weighted by molar-refractivity contribution is -0.135. The molecule has 0 aromatic carbocycles. The Labute approximate surface area is 102 Å². The third kappa shape index (κ3) is 4.72. The van der Waals surface area contributed by atoms with Crippen molar-refractivity contribution >= 4 is 17.7 Å². The summed E-state index contributed by atoms with van der Waals surface area (Å²) in [4.78, 5) is 13.7. The number of morpholine rings is 1. The predicted octanol–water partition coefficient (Wildman–Crippen LogP) is 0.562. The second-order valence-corrected chi connectivity index (χ2v) is 5.41. The highest BCUT2D eigenvalue weighted by Gasteiger charge is 2.20. The summed E-state index contributed by atoms with van der Waals surface area (Å²) in [7, 11) is 0. The molecule has 0 bridgehead atoms. The van der Waals surface area contributed by atoms with Gasteiger partial charge in [0.25, 0.3) is 0 Å². The van der Waals surface area contributed by atoms with Crippen LogP contribution in [0.1, 0.15) is 13.8 Å². The lowest BCUT2D eigenvalue weighted by Crippen LogP contribution is -2.45. The number of rotatable bonds is 5. The minimum atomic E-state index is 0.172. The van der Waals surface area contributed by atoms with Gasteiger partial charge in [-0.05, 0) is 25.1 Å². The summed E-state index contributed by atoms with van der Waals surface area (Å²) in [6, 6.07) is 0. The molecule has 0 spiro atoms. The van der Waals surface area contributed by atoms with Crippen molar-refractivity contribution in [1.29, 1.82) is 0 Å². The first kappa shape index (κ1) is 13.8. The van der Waals surface area contributed by atoms with Crippen LogP contribution >= 0.6 is 11.8 Å². The Morgan fingerprint density at radius 2 is 2.44 bits per heavy atom. The fraction of sp³-hybridized carbons (Fsp3) is 0.909. The number of nitrogens with zero attached hydrogens (tertiary/aromatic N) is 1. The number of carbonyl (C=O) groups excluding carboxylic acids is 1. The van der Waals surface area contributed by atoms with Gasteiger partial charge in [0.2, 0.25) is 5.91 Å². The summed E-state index contributed by atoms with van der Waals surface area (Å²) >= 11 is 1.68. The molecule has 2 atom stereocenters. The van der Waals surface area contributed by atoms with Crippen LogP contribution in [0.5, 0.6) is 0 Å². The van der Waals surface area contributed by atoms with Crippen LogP contribution in [0.15, 0.2) is 0 Å². The van der Waals surface area contributed by atoms with Crippen LogP contribution in [0, 0.1) is 5.92 Å². The van der Waals surface area contributed by atoms with Crippen molar-refractivity contribution in [3.05, 3.63) is 0 Å². The summed E-state index contributed by atoms with van der Waals surface area (Å²) in [5.41, 5.74) is 5.52. The standard InChI is InChI=1S/C11H22N2O2S/c1-9(5-12)7-16-8-11(14)13-3-4-15-10(2)6-13/h9-10H,3-8,12H2,1-2H3. The summed E-state index contributed by atoms with van der Waals surface area (Å²) in [5.74, 6) is 2.24. The monoisotopic (exact) mass is 246 g/mol. The first-order valence-corrected chi connectivity index (χ1v) is 6.96. The molecule has 4 nitrogen and oxygen atoms in total. The number of thioether (sulfide) groups is 1. The largest absolute Gasteiger partial charge is 0.375 e. The maximum absolute atomic E-state index is 11.8. The topological polar surface area (TPSA) is 55.6 Å². The number of hydrogen-bond donors (Lipinski definition) is 1. The van der Waals surface area contributed by atoms with Crippen LogP contribution in [0.25, 0.3) is 0 Å². The molecule has 1 fully saturated rings. The molecule has 1 aliphatic rings. The number of nitrogens with two attached hydrogens (primary N) is 1. The van der Waals surface area contributed by atoms with E-state index in [9.17, 15) is 4.79 Å². The molecule has 0 aliphatic carbocycles. The zero-order chi connectivity index (χ0) is 12.0. The molecule has 16 heavy (non-hydrogen) atoms. The Morgan fingerprint density at radius 1 is 1.69 bits per heavy atom. The SMILES string of the molecule is CC(CN)CSCC(=O)N1CCOC(C)C1. The molecule has 1 amide bonds. The minimum absolute atomic E-state index is 0.172. The van der Waals surface area contributed by atoms with Gasteiger partial charge >= 0.3 is 0 Å². The molecule has 5 heteroatoms. The second kappa shape index (κ2) is 7.14. The van der Waals surface area contributed by atoms with Crippen molar-refractivity contribution in [1.82, 2.24) is 4.90 Å². The summed E-state index contributed by atoms with van der Waals surface area (Å²) in [5, 5.41) is 0. The molecule has 1 rings (SSSR count). The van der Waals surface area contributed by atoms with E-state index < -0.39 is 0 Å². The third-order valence-electron chi connectivity index (χ3n) is 2.62. The molecule has 0 aromatic heterocycles. The summed E-state index contributed by atoms with van der Waals surface area (Å²) in [6.07, 6.45) is 0.172. The number of ether oxygens (including phenoxy) is 1. The zero-order valence-electron chi connectivity index (χ0n) is 10.1. The first-order valence-electron chi connectivity index (χ1n) is 5.80. The summed E-state index contributed by atoms with van der Waals surface area (Å²) in [6.45, 7) is 6.92. The fourth-order valence-electron chi connectivity index (χ4n) is 1.55. The smallest absolute Gasteiger partial charge is 0.232 e. The van der Waals surface area contributed by atoms with E-state index in [0.717, 1.165) is 18.8 Å². The Bertz CT molecular complexity index is 226. The van der Waals surface area contributed by atoms with Crippen molar-refractivity contribution in [2.24, 2.45) is 11.7 Å². The van der Waals surface area contributed by atoms with Gasteiger partial charge in [0.05, 0.1) is 18.5 Å². The van der Waals surface area contributed by atoms with E-state index >= 15 is 0 Å². The lowest BCUT2D eigenvalue weighted by atomic mass is 10.2. The van der Waals surface area contributed by atoms with E-state index in [1.165, 1.54) is 0 Å². The Kier molecular flexibility index (Phi) is 6.16. The van der Waals surface area contributed by atoms with E-state index in [2.05, 4.69) is 6.92 Å². The predicted molar refractivity (Wildman–Crippen MR) is 67.5 cm³/mol. The molecule has 2 unspecified atom stereocenters. The van der Waals surface area contributed by atoms with Crippen molar-refractivity contribution < 1.29 is 9.53 Å². The highest BCUT2D eigenvalue weighted by Crippen LogP contribution is 2.11. The maximum Gasteiger partial charge on any atom is 0.232 e. The van der Waals surface area contributed by atoms with Crippen LogP contribution in [0.3, 0.4) is 0 Å². The molecular formula is C11H22N2O2S. The summed E-state index contributed by atoms with van der Waals surface area (Å²) < 4.78 is 5.40. The van der Waals surface area contributed by atoms with E-state index in [1.807, 2.05) is 11.8 Å². The Balaban J connectivity index is 2.19. The van der Waals surface area contributed by atoms with Crippen LogP contribution in [0.4, 0.5) is 0 Å². The van der Waals surface area contributed by atoms with Gasteiger partial charge in [0.15, 0.2) is 0 Å². The van der Waals surface area contributed by atoms with Crippen LogP contribution < -0.4 is 5.73 Å². The molecule has 1 aliphatic heterocycles. The molecule has 1 heterocycles. The van der Waals surface area contributed by atoms with Crippen molar-refractivity contribution in [3.63, 3.8) is 0 Å². The van der Waals surface area contributed by atoms with Gasteiger partial charge in [0, 0.05) is 13.1 Å². The molecular weight excluding hydrogens is 224 g/mol. The number of hydrogen-bond acceptors (Lipinski definition) is 4. The minimum Gasteiger partial charge on any atom is -0.375 e. The molecule has 94 valence electrons. The quantitative estimate of drug-likeness (QED) is 0.770. The van der Waals surface area contributed by atoms with E-state index in [-0.39, 0.29) is 12.0 Å². The zero-order valence-corrected chi connectivity index (χ0v) is 11.0. The van der Waals surface area contributed by atoms with Crippen molar-refractivity contribution in [2.75, 3.05) is 37.7 Å². The molecule has 1 saturated heterocycles. The average Bonchev–Trinajstić information content (AvgIpc) is 2.28. The number of carbonyl (C=O) groups is 1. The second-order valence-electron chi connectivity index (χ2n) is 4.38. The van der Waals surface area contributed by atoms with Crippen LogP contribution in [-0.4, -0.2) is 54.7 Å². The fourth-order valence-corrected chi connectivity index (χ4v) is 2.57. The molecule has 0 aromatic rings.